The Bertz CT molecular complexity index is 1310. The van der Waals surface area contributed by atoms with Gasteiger partial charge in [-0.15, -0.1) is 0 Å². The quantitative estimate of drug-likeness (QED) is 0.337. The van der Waals surface area contributed by atoms with Crippen LogP contribution in [0.1, 0.15) is 28.8 Å². The summed E-state index contributed by atoms with van der Waals surface area (Å²) in [6.45, 7) is -0.925. The van der Waals surface area contributed by atoms with Crippen LogP contribution in [0.25, 0.3) is 0 Å². The first kappa shape index (κ1) is 28.2. The number of ether oxygens (including phenoxy) is 1. The Morgan fingerprint density at radius 1 is 0.974 bits per heavy atom. The van der Waals surface area contributed by atoms with Gasteiger partial charge in [-0.25, -0.2) is 0 Å². The molecule has 3 aromatic rings. The fraction of sp³-hybridized carbons (Fsp3) is 0.333. The van der Waals surface area contributed by atoms with Crippen molar-refractivity contribution in [1.82, 2.24) is 19.9 Å². The van der Waals surface area contributed by atoms with Gasteiger partial charge in [-0.2, -0.15) is 41.3 Å². The smallest absolute Gasteiger partial charge is 0.422 e. The Labute approximate surface area is 223 Å². The summed E-state index contributed by atoms with van der Waals surface area (Å²) in [5, 5.41) is 5.97. The third kappa shape index (κ3) is 8.09. The van der Waals surface area contributed by atoms with Gasteiger partial charge in [0.25, 0.3) is 5.91 Å². The van der Waals surface area contributed by atoms with Gasteiger partial charge in [0.15, 0.2) is 6.61 Å². The van der Waals surface area contributed by atoms with E-state index in [1.54, 1.807) is 29.2 Å². The number of hydrogen-bond acceptors (Lipinski definition) is 7. The van der Waals surface area contributed by atoms with Crippen molar-refractivity contribution in [3.8, 4) is 6.01 Å². The molecule has 0 spiro atoms. The van der Waals surface area contributed by atoms with Crippen LogP contribution >= 0.6 is 11.6 Å². The van der Waals surface area contributed by atoms with E-state index in [1.807, 2.05) is 0 Å². The molecule has 1 fully saturated rings. The summed E-state index contributed by atoms with van der Waals surface area (Å²) in [5.41, 5.74) is -0.535. The van der Waals surface area contributed by atoms with E-state index in [0.29, 0.717) is 36.5 Å². The molecule has 39 heavy (non-hydrogen) atoms. The minimum atomic E-state index is -4.67. The molecule has 1 amide bonds. The zero-order valence-corrected chi connectivity index (χ0v) is 20.7. The number of amides is 1. The third-order valence-electron chi connectivity index (χ3n) is 5.61. The maximum Gasteiger partial charge on any atom is 0.422 e. The molecule has 0 saturated carbocycles. The van der Waals surface area contributed by atoms with Crippen LogP contribution in [0.3, 0.4) is 0 Å². The molecule has 0 radical (unpaired) electrons. The van der Waals surface area contributed by atoms with Gasteiger partial charge in [0.2, 0.25) is 11.9 Å². The average molecular weight is 575 g/mol. The molecule has 4 rings (SSSR count). The summed E-state index contributed by atoms with van der Waals surface area (Å²) >= 11 is 5.97. The first-order valence-electron chi connectivity index (χ1n) is 11.6. The lowest BCUT2D eigenvalue weighted by molar-refractivity contribution is -0.154. The number of hydrogen-bond donors (Lipinski definition) is 2. The van der Waals surface area contributed by atoms with Gasteiger partial charge >= 0.3 is 18.4 Å². The normalized spacial score (nSPS) is 14.7. The first-order valence-corrected chi connectivity index (χ1v) is 11.9. The van der Waals surface area contributed by atoms with E-state index in [1.165, 1.54) is 6.07 Å². The number of aromatic nitrogens is 3. The molecule has 0 aliphatic carbocycles. The summed E-state index contributed by atoms with van der Waals surface area (Å²) in [5.74, 6) is -0.652. The lowest BCUT2D eigenvalue weighted by atomic mass is 10.0. The third-order valence-corrected chi connectivity index (χ3v) is 5.85. The molecule has 208 valence electrons. The predicted octanol–water partition coefficient (Wildman–Crippen LogP) is 5.95. The molecule has 2 heterocycles. The number of carbonyl (C=O) groups is 1. The second kappa shape index (κ2) is 11.5. The van der Waals surface area contributed by atoms with E-state index < -0.39 is 30.5 Å². The van der Waals surface area contributed by atoms with E-state index in [-0.39, 0.29) is 29.5 Å². The van der Waals surface area contributed by atoms with Gasteiger partial charge < -0.3 is 20.3 Å². The van der Waals surface area contributed by atoms with Crippen molar-refractivity contribution in [3.63, 3.8) is 0 Å². The number of benzene rings is 2. The maximum atomic E-state index is 13.1. The molecule has 1 aliphatic heterocycles. The van der Waals surface area contributed by atoms with E-state index in [4.69, 9.17) is 11.6 Å². The topological polar surface area (TPSA) is 92.3 Å². The Hall–Kier alpha value is -3.81. The highest BCUT2D eigenvalue weighted by molar-refractivity contribution is 6.30. The zero-order valence-electron chi connectivity index (χ0n) is 20.0. The molecule has 8 nitrogen and oxygen atoms in total. The highest BCUT2D eigenvalue weighted by Gasteiger charge is 2.31. The molecule has 1 aliphatic rings. The minimum Gasteiger partial charge on any atom is -0.454 e. The fourth-order valence-corrected chi connectivity index (χ4v) is 3.99. The van der Waals surface area contributed by atoms with Gasteiger partial charge in [0, 0.05) is 35.4 Å². The van der Waals surface area contributed by atoms with Crippen molar-refractivity contribution < 1.29 is 35.9 Å². The number of rotatable bonds is 7. The first-order chi connectivity index (χ1) is 18.4. The number of likely N-dealkylation sites (tertiary alicyclic amines) is 1. The molecule has 1 saturated heterocycles. The van der Waals surface area contributed by atoms with Crippen LogP contribution in [0.2, 0.25) is 5.02 Å². The van der Waals surface area contributed by atoms with Gasteiger partial charge in [0.05, 0.1) is 5.56 Å². The Kier molecular flexibility index (Phi) is 8.33. The summed E-state index contributed by atoms with van der Waals surface area (Å²) in [6.07, 6.45) is -8.34. The standard InChI is InChI=1S/C24H21ClF6N6O2/c25-16-5-1-3-14(11-16)19(38)37-9-7-17(8-10-37)32-20-34-21(36-22(35-20)39-13-23(26,27)28)33-18-6-2-4-15(12-18)24(29,30)31/h1-6,11-12,17H,7-10,13H2,(H2,32,33,34,35,36). The molecular formula is C24H21ClF6N6O2. The molecule has 15 heteroatoms. The van der Waals surface area contributed by atoms with Crippen molar-refractivity contribution in [1.29, 1.82) is 0 Å². The van der Waals surface area contributed by atoms with Gasteiger partial charge in [-0.1, -0.05) is 23.7 Å². The van der Waals surface area contributed by atoms with E-state index >= 15 is 0 Å². The van der Waals surface area contributed by atoms with Crippen LogP contribution in [0, 0.1) is 0 Å². The van der Waals surface area contributed by atoms with Crippen LogP contribution in [-0.4, -0.2) is 57.7 Å². The van der Waals surface area contributed by atoms with E-state index in [2.05, 4.69) is 30.3 Å². The van der Waals surface area contributed by atoms with Crippen LogP contribution in [0.15, 0.2) is 48.5 Å². The molecule has 0 bridgehead atoms. The number of anilines is 3. The van der Waals surface area contributed by atoms with Crippen LogP contribution in [0.4, 0.5) is 43.9 Å². The summed E-state index contributed by atoms with van der Waals surface area (Å²) in [6, 6.07) is 9.78. The maximum absolute atomic E-state index is 13.1. The second-order valence-corrected chi connectivity index (χ2v) is 9.03. The van der Waals surface area contributed by atoms with Crippen molar-refractivity contribution in [2.75, 3.05) is 30.3 Å². The van der Waals surface area contributed by atoms with Crippen molar-refractivity contribution >= 4 is 35.1 Å². The average Bonchev–Trinajstić information content (AvgIpc) is 2.87. The van der Waals surface area contributed by atoms with Crippen molar-refractivity contribution in [2.24, 2.45) is 0 Å². The monoisotopic (exact) mass is 574 g/mol. The summed E-state index contributed by atoms with van der Waals surface area (Å²) in [4.78, 5) is 26.1. The molecule has 0 unspecified atom stereocenters. The van der Waals surface area contributed by atoms with Crippen LogP contribution in [0.5, 0.6) is 6.01 Å². The summed E-state index contributed by atoms with van der Waals surface area (Å²) < 4.78 is 81.9. The lowest BCUT2D eigenvalue weighted by Gasteiger charge is -2.32. The van der Waals surface area contributed by atoms with E-state index in [9.17, 15) is 31.1 Å². The Morgan fingerprint density at radius 2 is 1.67 bits per heavy atom. The molecular weight excluding hydrogens is 554 g/mol. The minimum absolute atomic E-state index is 0.0448. The van der Waals surface area contributed by atoms with Gasteiger partial charge in [0.1, 0.15) is 0 Å². The lowest BCUT2D eigenvalue weighted by Crippen LogP contribution is -2.42. The summed E-state index contributed by atoms with van der Waals surface area (Å²) in [7, 11) is 0. The highest BCUT2D eigenvalue weighted by Crippen LogP contribution is 2.31. The van der Waals surface area contributed by atoms with Gasteiger partial charge in [-0.3, -0.25) is 4.79 Å². The Morgan fingerprint density at radius 3 is 2.33 bits per heavy atom. The Balaban J connectivity index is 1.47. The number of piperidine rings is 1. The van der Waals surface area contributed by atoms with Crippen LogP contribution in [-0.2, 0) is 6.18 Å². The number of carbonyl (C=O) groups excluding carboxylic acids is 1. The zero-order chi connectivity index (χ0) is 28.2. The number of alkyl halides is 6. The second-order valence-electron chi connectivity index (χ2n) is 8.59. The highest BCUT2D eigenvalue weighted by atomic mass is 35.5. The number of halogens is 7. The predicted molar refractivity (Wildman–Crippen MR) is 130 cm³/mol. The molecule has 1 aromatic heterocycles. The number of nitrogens with zero attached hydrogens (tertiary/aromatic N) is 4. The molecule has 0 atom stereocenters. The van der Waals surface area contributed by atoms with Crippen molar-refractivity contribution in [2.45, 2.75) is 31.2 Å². The molecule has 2 N–H and O–H groups in total. The fourth-order valence-electron chi connectivity index (χ4n) is 3.80. The van der Waals surface area contributed by atoms with Crippen LogP contribution < -0.4 is 15.4 Å². The SMILES string of the molecule is O=C(c1cccc(Cl)c1)N1CCC(Nc2nc(Nc3cccc(C(F)(F)F)c3)nc(OCC(F)(F)F)n2)CC1. The number of nitrogens with one attached hydrogen (secondary N) is 2. The van der Waals surface area contributed by atoms with E-state index in [0.717, 1.165) is 18.2 Å². The van der Waals surface area contributed by atoms with Gasteiger partial charge in [-0.05, 0) is 49.2 Å². The molecule has 2 aromatic carbocycles. The largest absolute Gasteiger partial charge is 0.454 e. The van der Waals surface area contributed by atoms with Crippen molar-refractivity contribution in [3.05, 3.63) is 64.7 Å².